The first-order valence-electron chi connectivity index (χ1n) is 5.66. The Kier molecular flexibility index (Phi) is 2.65. The maximum absolute atomic E-state index is 6.19. The molecule has 2 aromatic carbocycles. The van der Waals surface area contributed by atoms with E-state index in [1.165, 1.54) is 0 Å². The van der Waals surface area contributed by atoms with Gasteiger partial charge in [0.25, 0.3) is 0 Å². The van der Waals surface area contributed by atoms with Crippen LogP contribution in [-0.4, -0.2) is 4.98 Å². The molecule has 1 aromatic heterocycles. The molecule has 0 atom stereocenters. The van der Waals surface area contributed by atoms with Gasteiger partial charge in [-0.25, -0.2) is 4.98 Å². The second-order valence-electron chi connectivity index (χ2n) is 4.09. The third-order valence-electron chi connectivity index (χ3n) is 2.91. The van der Waals surface area contributed by atoms with E-state index in [4.69, 9.17) is 17.3 Å². The van der Waals surface area contributed by atoms with E-state index in [0.717, 1.165) is 22.0 Å². The Morgan fingerprint density at radius 3 is 2.44 bits per heavy atom. The number of rotatable bonds is 1. The van der Waals surface area contributed by atoms with Crippen molar-refractivity contribution in [2.75, 3.05) is 5.73 Å². The van der Waals surface area contributed by atoms with Crippen LogP contribution in [0, 0.1) is 0 Å². The topological polar surface area (TPSA) is 38.9 Å². The summed E-state index contributed by atoms with van der Waals surface area (Å²) in [4.78, 5) is 4.41. The second kappa shape index (κ2) is 4.31. The average molecular weight is 255 g/mol. The van der Waals surface area contributed by atoms with Gasteiger partial charge in [0, 0.05) is 10.9 Å². The van der Waals surface area contributed by atoms with E-state index in [-0.39, 0.29) is 0 Å². The summed E-state index contributed by atoms with van der Waals surface area (Å²) in [6.07, 6.45) is 0. The van der Waals surface area contributed by atoms with Crippen LogP contribution in [0.3, 0.4) is 0 Å². The second-order valence-corrected chi connectivity index (χ2v) is 4.50. The molecule has 1 heterocycles. The minimum absolute atomic E-state index is 0.502. The molecule has 0 fully saturated rings. The molecule has 0 aliphatic rings. The van der Waals surface area contributed by atoms with Gasteiger partial charge in [-0.05, 0) is 23.8 Å². The molecule has 3 aromatic rings. The lowest BCUT2D eigenvalue weighted by atomic mass is 10.0. The van der Waals surface area contributed by atoms with Gasteiger partial charge in [-0.15, -0.1) is 0 Å². The number of nitrogens with zero attached hydrogens (tertiary/aromatic N) is 1. The summed E-state index contributed by atoms with van der Waals surface area (Å²) in [5, 5.41) is 1.62. The van der Waals surface area contributed by atoms with E-state index in [9.17, 15) is 0 Å². The number of nitrogen functional groups attached to an aromatic ring is 1. The van der Waals surface area contributed by atoms with Gasteiger partial charge in [-0.2, -0.15) is 0 Å². The molecule has 3 heteroatoms. The van der Waals surface area contributed by atoms with Gasteiger partial charge in [-0.3, -0.25) is 0 Å². The van der Waals surface area contributed by atoms with Crippen LogP contribution in [-0.2, 0) is 0 Å². The normalized spacial score (nSPS) is 10.7. The van der Waals surface area contributed by atoms with Gasteiger partial charge < -0.3 is 5.73 Å². The molecule has 0 amide bonds. The van der Waals surface area contributed by atoms with E-state index in [1.54, 1.807) is 6.07 Å². The van der Waals surface area contributed by atoms with Gasteiger partial charge in [0.15, 0.2) is 0 Å². The van der Waals surface area contributed by atoms with Crippen LogP contribution in [0.1, 0.15) is 0 Å². The van der Waals surface area contributed by atoms with E-state index in [2.05, 4.69) is 4.98 Å². The van der Waals surface area contributed by atoms with Crippen molar-refractivity contribution in [3.8, 4) is 11.1 Å². The van der Waals surface area contributed by atoms with E-state index < -0.39 is 0 Å². The molecule has 0 saturated heterocycles. The summed E-state index contributed by atoms with van der Waals surface area (Å²) in [7, 11) is 0. The monoisotopic (exact) mass is 254 g/mol. The number of halogens is 1. The molecular formula is C15H11ClN2. The Hall–Kier alpha value is -2.06. The molecular weight excluding hydrogens is 244 g/mol. The molecule has 3 rings (SSSR count). The SMILES string of the molecule is Nc1ccc2c(Cl)ccc(-c3ccccc3)c2n1. The Morgan fingerprint density at radius 1 is 0.889 bits per heavy atom. The lowest BCUT2D eigenvalue weighted by molar-refractivity contribution is 1.41. The highest BCUT2D eigenvalue weighted by molar-refractivity contribution is 6.35. The highest BCUT2D eigenvalue weighted by Crippen LogP contribution is 2.32. The Morgan fingerprint density at radius 2 is 1.67 bits per heavy atom. The first-order chi connectivity index (χ1) is 8.75. The molecule has 18 heavy (non-hydrogen) atoms. The summed E-state index contributed by atoms with van der Waals surface area (Å²) in [5.74, 6) is 0.502. The number of hydrogen-bond donors (Lipinski definition) is 1. The molecule has 0 aliphatic heterocycles. The number of nitrogens with two attached hydrogens (primary N) is 1. The van der Waals surface area contributed by atoms with Crippen LogP contribution in [0.25, 0.3) is 22.0 Å². The van der Waals surface area contributed by atoms with Crippen molar-refractivity contribution in [2.24, 2.45) is 0 Å². The van der Waals surface area contributed by atoms with Crippen LogP contribution in [0.4, 0.5) is 5.82 Å². The van der Waals surface area contributed by atoms with Crippen LogP contribution in [0.15, 0.2) is 54.6 Å². The third-order valence-corrected chi connectivity index (χ3v) is 3.24. The zero-order valence-electron chi connectivity index (χ0n) is 9.60. The molecule has 0 saturated carbocycles. The van der Waals surface area contributed by atoms with E-state index in [0.29, 0.717) is 10.8 Å². The number of benzene rings is 2. The molecule has 0 aliphatic carbocycles. The smallest absolute Gasteiger partial charge is 0.124 e. The van der Waals surface area contributed by atoms with Crippen molar-refractivity contribution in [3.63, 3.8) is 0 Å². The number of aromatic nitrogens is 1. The Labute approximate surface area is 110 Å². The summed E-state index contributed by atoms with van der Waals surface area (Å²) < 4.78 is 0. The van der Waals surface area contributed by atoms with E-state index >= 15 is 0 Å². The Bertz CT molecular complexity index is 708. The van der Waals surface area contributed by atoms with Crippen molar-refractivity contribution < 1.29 is 0 Å². The minimum Gasteiger partial charge on any atom is -0.384 e. The van der Waals surface area contributed by atoms with Crippen LogP contribution in [0.5, 0.6) is 0 Å². The average Bonchev–Trinajstić information content (AvgIpc) is 2.40. The van der Waals surface area contributed by atoms with E-state index in [1.807, 2.05) is 48.5 Å². The third kappa shape index (κ3) is 1.81. The Balaban J connectivity index is 2.37. The van der Waals surface area contributed by atoms with Gasteiger partial charge in [0.2, 0.25) is 0 Å². The number of fused-ring (bicyclic) bond motifs is 1. The standard InChI is InChI=1S/C15H11ClN2/c16-13-8-6-11(10-4-2-1-3-5-10)15-12(13)7-9-14(17)18-15/h1-9H,(H2,17,18). The maximum Gasteiger partial charge on any atom is 0.124 e. The van der Waals surface area contributed by atoms with Crippen molar-refractivity contribution in [2.45, 2.75) is 0 Å². The van der Waals surface area contributed by atoms with Crippen molar-refractivity contribution in [3.05, 3.63) is 59.6 Å². The highest BCUT2D eigenvalue weighted by atomic mass is 35.5. The molecule has 0 unspecified atom stereocenters. The van der Waals surface area contributed by atoms with Gasteiger partial charge in [0.05, 0.1) is 10.5 Å². The summed E-state index contributed by atoms with van der Waals surface area (Å²) >= 11 is 6.19. The fourth-order valence-corrected chi connectivity index (χ4v) is 2.26. The fourth-order valence-electron chi connectivity index (χ4n) is 2.05. The number of pyridine rings is 1. The summed E-state index contributed by atoms with van der Waals surface area (Å²) in [5.41, 5.74) is 8.76. The molecule has 2 N–H and O–H groups in total. The number of hydrogen-bond acceptors (Lipinski definition) is 2. The maximum atomic E-state index is 6.19. The first-order valence-corrected chi connectivity index (χ1v) is 6.03. The molecule has 0 bridgehead atoms. The lowest BCUT2D eigenvalue weighted by Gasteiger charge is -2.08. The van der Waals surface area contributed by atoms with Crippen LogP contribution >= 0.6 is 11.6 Å². The molecule has 2 nitrogen and oxygen atoms in total. The van der Waals surface area contributed by atoms with Gasteiger partial charge in [0.1, 0.15) is 5.82 Å². The fraction of sp³-hybridized carbons (Fsp3) is 0. The van der Waals surface area contributed by atoms with Gasteiger partial charge in [-0.1, -0.05) is 48.0 Å². The van der Waals surface area contributed by atoms with Crippen molar-refractivity contribution in [1.29, 1.82) is 0 Å². The lowest BCUT2D eigenvalue weighted by Crippen LogP contribution is -1.92. The van der Waals surface area contributed by atoms with Crippen molar-refractivity contribution in [1.82, 2.24) is 4.98 Å². The zero-order valence-corrected chi connectivity index (χ0v) is 10.4. The largest absolute Gasteiger partial charge is 0.384 e. The predicted molar refractivity (Wildman–Crippen MR) is 76.6 cm³/mol. The minimum atomic E-state index is 0.502. The number of anilines is 1. The molecule has 0 spiro atoms. The molecule has 88 valence electrons. The quantitative estimate of drug-likeness (QED) is 0.709. The summed E-state index contributed by atoms with van der Waals surface area (Å²) in [6.45, 7) is 0. The first kappa shape index (κ1) is 11.1. The van der Waals surface area contributed by atoms with Crippen LogP contribution < -0.4 is 5.73 Å². The predicted octanol–water partition coefficient (Wildman–Crippen LogP) is 4.14. The van der Waals surface area contributed by atoms with Gasteiger partial charge >= 0.3 is 0 Å². The van der Waals surface area contributed by atoms with Crippen LogP contribution in [0.2, 0.25) is 5.02 Å². The van der Waals surface area contributed by atoms with Crippen molar-refractivity contribution >= 4 is 28.3 Å². The summed E-state index contributed by atoms with van der Waals surface area (Å²) in [6, 6.07) is 17.6. The zero-order chi connectivity index (χ0) is 12.5. The highest BCUT2D eigenvalue weighted by Gasteiger charge is 2.08. The molecule has 0 radical (unpaired) electrons.